The summed E-state index contributed by atoms with van der Waals surface area (Å²) in [5, 5.41) is 8.15. The van der Waals surface area contributed by atoms with Crippen molar-refractivity contribution in [3.05, 3.63) is 54.3 Å². The van der Waals surface area contributed by atoms with Crippen molar-refractivity contribution in [3.63, 3.8) is 0 Å². The summed E-state index contributed by atoms with van der Waals surface area (Å²) >= 11 is 0. The summed E-state index contributed by atoms with van der Waals surface area (Å²) in [7, 11) is 3.63. The molecule has 3 heterocycles. The van der Waals surface area contributed by atoms with Gasteiger partial charge in [-0.25, -0.2) is 0 Å². The van der Waals surface area contributed by atoms with Crippen molar-refractivity contribution >= 4 is 5.91 Å². The van der Waals surface area contributed by atoms with Gasteiger partial charge in [0.2, 0.25) is 5.91 Å². The summed E-state index contributed by atoms with van der Waals surface area (Å²) in [6.07, 6.45) is 8.23. The molecule has 0 saturated heterocycles. The average molecular weight is 325 g/mol. The van der Waals surface area contributed by atoms with Crippen molar-refractivity contribution in [3.8, 4) is 11.3 Å². The van der Waals surface area contributed by atoms with E-state index in [0.717, 1.165) is 16.8 Å². The maximum absolute atomic E-state index is 12.2. The summed E-state index contributed by atoms with van der Waals surface area (Å²) in [5.41, 5.74) is 2.73. The number of hydrogen-bond acceptors (Lipinski definition) is 5. The minimum Gasteiger partial charge on any atom is -0.359 e. The van der Waals surface area contributed by atoms with E-state index in [1.54, 1.807) is 35.2 Å². The lowest BCUT2D eigenvalue weighted by atomic mass is 10.2. The Balaban J connectivity index is 1.55. The molecule has 1 amide bonds. The van der Waals surface area contributed by atoms with Crippen LogP contribution in [0.4, 0.5) is 0 Å². The van der Waals surface area contributed by atoms with Crippen LogP contribution in [0.2, 0.25) is 0 Å². The molecule has 0 saturated carbocycles. The Hall–Kier alpha value is -2.96. The van der Waals surface area contributed by atoms with E-state index in [4.69, 9.17) is 4.52 Å². The van der Waals surface area contributed by atoms with Gasteiger partial charge in [-0.05, 0) is 24.1 Å². The van der Waals surface area contributed by atoms with E-state index in [1.165, 1.54) is 0 Å². The molecule has 7 nitrogen and oxygen atoms in total. The van der Waals surface area contributed by atoms with Crippen molar-refractivity contribution < 1.29 is 9.32 Å². The number of aryl methyl sites for hydroxylation is 2. The molecule has 0 aliphatic carbocycles. The highest BCUT2D eigenvalue weighted by Gasteiger charge is 2.13. The standard InChI is InChI=1S/C17H19N5O2/c1-21(17(23)4-3-13-10-19-22(2)11-13)12-15-9-16(20-24-15)14-5-7-18-8-6-14/h5-11H,3-4,12H2,1-2H3. The van der Waals surface area contributed by atoms with E-state index in [-0.39, 0.29) is 5.91 Å². The average Bonchev–Trinajstić information content (AvgIpc) is 3.22. The van der Waals surface area contributed by atoms with Gasteiger partial charge in [-0.15, -0.1) is 0 Å². The van der Waals surface area contributed by atoms with Crippen LogP contribution in [0, 0.1) is 0 Å². The number of hydrogen-bond donors (Lipinski definition) is 0. The van der Waals surface area contributed by atoms with Gasteiger partial charge in [0, 0.05) is 50.7 Å². The molecule has 0 aliphatic rings. The van der Waals surface area contributed by atoms with E-state index in [0.29, 0.717) is 25.1 Å². The molecule has 0 aromatic carbocycles. The summed E-state index contributed by atoms with van der Waals surface area (Å²) in [4.78, 5) is 17.9. The van der Waals surface area contributed by atoms with Gasteiger partial charge in [0.15, 0.2) is 5.76 Å². The fourth-order valence-corrected chi connectivity index (χ4v) is 2.41. The molecule has 3 rings (SSSR count). The maximum atomic E-state index is 12.2. The lowest BCUT2D eigenvalue weighted by Crippen LogP contribution is -2.26. The number of carbonyl (C=O) groups is 1. The fraction of sp³-hybridized carbons (Fsp3) is 0.294. The molecule has 3 aromatic rings. The summed E-state index contributed by atoms with van der Waals surface area (Å²) in [6.45, 7) is 0.393. The molecule has 124 valence electrons. The topological polar surface area (TPSA) is 77.1 Å². The van der Waals surface area contributed by atoms with Gasteiger partial charge in [-0.2, -0.15) is 5.10 Å². The first-order valence-electron chi connectivity index (χ1n) is 7.69. The van der Waals surface area contributed by atoms with Gasteiger partial charge in [0.1, 0.15) is 5.69 Å². The Labute approximate surface area is 139 Å². The Bertz CT molecular complexity index is 809. The highest BCUT2D eigenvalue weighted by Crippen LogP contribution is 2.18. The molecule has 0 unspecified atom stereocenters. The number of rotatable bonds is 6. The molecule has 0 aliphatic heterocycles. The molecule has 24 heavy (non-hydrogen) atoms. The predicted molar refractivity (Wildman–Crippen MR) is 87.7 cm³/mol. The normalized spacial score (nSPS) is 10.8. The van der Waals surface area contributed by atoms with Crippen molar-refractivity contribution in [1.82, 2.24) is 24.8 Å². The zero-order chi connectivity index (χ0) is 16.9. The second-order valence-corrected chi connectivity index (χ2v) is 5.69. The van der Waals surface area contributed by atoms with Crippen LogP contribution in [0.1, 0.15) is 17.7 Å². The van der Waals surface area contributed by atoms with E-state index < -0.39 is 0 Å². The van der Waals surface area contributed by atoms with Crippen molar-refractivity contribution in [1.29, 1.82) is 0 Å². The van der Waals surface area contributed by atoms with Crippen LogP contribution in [0.3, 0.4) is 0 Å². The van der Waals surface area contributed by atoms with Gasteiger partial charge in [-0.1, -0.05) is 5.16 Å². The Morgan fingerprint density at radius 3 is 2.83 bits per heavy atom. The maximum Gasteiger partial charge on any atom is 0.223 e. The minimum absolute atomic E-state index is 0.0562. The number of nitrogens with zero attached hydrogens (tertiary/aromatic N) is 5. The molecule has 0 fully saturated rings. The van der Waals surface area contributed by atoms with Crippen LogP contribution >= 0.6 is 0 Å². The lowest BCUT2D eigenvalue weighted by Gasteiger charge is -2.14. The highest BCUT2D eigenvalue weighted by atomic mass is 16.5. The highest BCUT2D eigenvalue weighted by molar-refractivity contribution is 5.76. The van der Waals surface area contributed by atoms with Gasteiger partial charge in [0.25, 0.3) is 0 Å². The third-order valence-electron chi connectivity index (χ3n) is 3.74. The first-order valence-corrected chi connectivity index (χ1v) is 7.69. The van der Waals surface area contributed by atoms with Crippen LogP contribution in [0.15, 0.2) is 47.5 Å². The minimum atomic E-state index is 0.0562. The summed E-state index contributed by atoms with van der Waals surface area (Å²) < 4.78 is 7.06. The van der Waals surface area contributed by atoms with Crippen LogP contribution in [0.25, 0.3) is 11.3 Å². The van der Waals surface area contributed by atoms with Crippen LogP contribution in [-0.4, -0.2) is 37.8 Å². The van der Waals surface area contributed by atoms with Crippen LogP contribution < -0.4 is 0 Å². The number of carbonyl (C=O) groups excluding carboxylic acids is 1. The van der Waals surface area contributed by atoms with Gasteiger partial charge >= 0.3 is 0 Å². The van der Waals surface area contributed by atoms with E-state index >= 15 is 0 Å². The van der Waals surface area contributed by atoms with Crippen molar-refractivity contribution in [2.24, 2.45) is 7.05 Å². The van der Waals surface area contributed by atoms with Gasteiger partial charge < -0.3 is 9.42 Å². The largest absolute Gasteiger partial charge is 0.359 e. The number of pyridine rings is 1. The molecule has 0 bridgehead atoms. The lowest BCUT2D eigenvalue weighted by molar-refractivity contribution is -0.130. The Morgan fingerprint density at radius 1 is 1.33 bits per heavy atom. The van der Waals surface area contributed by atoms with Gasteiger partial charge in [0.05, 0.1) is 12.7 Å². The fourth-order valence-electron chi connectivity index (χ4n) is 2.41. The molecule has 3 aromatic heterocycles. The number of aromatic nitrogens is 4. The van der Waals surface area contributed by atoms with Crippen LogP contribution in [0.5, 0.6) is 0 Å². The molecule has 0 spiro atoms. The molecule has 0 atom stereocenters. The van der Waals surface area contributed by atoms with E-state index in [2.05, 4.69) is 15.2 Å². The monoisotopic (exact) mass is 325 g/mol. The number of amides is 1. The van der Waals surface area contributed by atoms with Crippen molar-refractivity contribution in [2.45, 2.75) is 19.4 Å². The zero-order valence-corrected chi connectivity index (χ0v) is 13.7. The summed E-state index contributed by atoms with van der Waals surface area (Å²) in [6, 6.07) is 5.58. The zero-order valence-electron chi connectivity index (χ0n) is 13.7. The second-order valence-electron chi connectivity index (χ2n) is 5.69. The molecule has 0 radical (unpaired) electrons. The Kier molecular flexibility index (Phi) is 4.69. The SMILES string of the molecule is CN(Cc1cc(-c2ccncc2)no1)C(=O)CCc1cnn(C)c1. The Morgan fingerprint density at radius 2 is 2.12 bits per heavy atom. The molecule has 7 heteroatoms. The smallest absolute Gasteiger partial charge is 0.223 e. The third-order valence-corrected chi connectivity index (χ3v) is 3.74. The third kappa shape index (κ3) is 3.87. The molecule has 0 N–H and O–H groups in total. The van der Waals surface area contributed by atoms with Crippen molar-refractivity contribution in [2.75, 3.05) is 7.05 Å². The second kappa shape index (κ2) is 7.08. The first-order chi connectivity index (χ1) is 11.6. The molecular formula is C17H19N5O2. The van der Waals surface area contributed by atoms with Crippen LogP contribution in [-0.2, 0) is 24.8 Å². The quantitative estimate of drug-likeness (QED) is 0.693. The van der Waals surface area contributed by atoms with E-state index in [9.17, 15) is 4.79 Å². The van der Waals surface area contributed by atoms with E-state index in [1.807, 2.05) is 31.4 Å². The van der Waals surface area contributed by atoms with Gasteiger partial charge in [-0.3, -0.25) is 14.5 Å². The molecular weight excluding hydrogens is 306 g/mol. The predicted octanol–water partition coefficient (Wildman–Crippen LogP) is 2.06. The first kappa shape index (κ1) is 15.9. The summed E-state index contributed by atoms with van der Waals surface area (Å²) in [5.74, 6) is 0.708.